The average Bonchev–Trinajstić information content (AvgIpc) is 3.33. The van der Waals surface area contributed by atoms with Gasteiger partial charge < -0.3 is 4.90 Å². The Labute approximate surface area is 158 Å². The Balaban J connectivity index is 2.13. The van der Waals surface area contributed by atoms with Crippen LogP contribution in [-0.4, -0.2) is 49.8 Å². The Morgan fingerprint density at radius 2 is 2.19 bits per heavy atom. The van der Waals surface area contributed by atoms with Crippen LogP contribution < -0.4 is 5.32 Å². The third kappa shape index (κ3) is 5.44. The molecule has 0 aliphatic carbocycles. The first kappa shape index (κ1) is 20.2. The van der Waals surface area contributed by atoms with E-state index in [1.165, 1.54) is 19.1 Å². The highest BCUT2D eigenvalue weighted by atomic mass is 32.1. The number of thiophene rings is 1. The van der Waals surface area contributed by atoms with Crippen LogP contribution in [0.25, 0.3) is 0 Å². The summed E-state index contributed by atoms with van der Waals surface area (Å²) >= 11 is 1.59. The minimum Gasteiger partial charge on any atom is -0.370 e. The molecule has 1 saturated heterocycles. The summed E-state index contributed by atoms with van der Waals surface area (Å²) in [6.07, 6.45) is 6.34. The molecule has 0 aromatic carbocycles. The fourth-order valence-corrected chi connectivity index (χ4v) is 3.75. The van der Waals surface area contributed by atoms with Crippen LogP contribution in [0.3, 0.4) is 0 Å². The maximum absolute atomic E-state index is 12.2. The van der Waals surface area contributed by atoms with Gasteiger partial charge in [-0.2, -0.15) is 0 Å². The zero-order valence-electron chi connectivity index (χ0n) is 15.2. The first-order valence-electron chi connectivity index (χ1n) is 8.78. The molecular weight excluding hydrogens is 349 g/mol. The number of likely N-dealkylation sites (tertiary alicyclic amines) is 1. The molecule has 5 nitrogen and oxygen atoms in total. The molecule has 0 atom stereocenters. The number of hydrogen-bond donors (Lipinski definition) is 1. The van der Waals surface area contributed by atoms with Gasteiger partial charge in [0.25, 0.3) is 0 Å². The summed E-state index contributed by atoms with van der Waals surface area (Å²) in [5, 5.41) is 7.81. The zero-order chi connectivity index (χ0) is 18.8. The fraction of sp³-hybridized carbons (Fsp3) is 0.421. The van der Waals surface area contributed by atoms with E-state index >= 15 is 0 Å². The monoisotopic (exact) mass is 375 g/mol. The van der Waals surface area contributed by atoms with Gasteiger partial charge in [0.05, 0.1) is 29.1 Å². The highest BCUT2D eigenvalue weighted by molar-refractivity contribution is 7.13. The van der Waals surface area contributed by atoms with E-state index in [2.05, 4.69) is 33.7 Å². The molecule has 1 aromatic heterocycles. The molecule has 0 unspecified atom stereocenters. The van der Waals surface area contributed by atoms with E-state index in [1.54, 1.807) is 11.3 Å². The third-order valence-electron chi connectivity index (χ3n) is 4.15. The van der Waals surface area contributed by atoms with Crippen molar-refractivity contribution in [2.75, 3.05) is 26.3 Å². The van der Waals surface area contributed by atoms with Crippen LogP contribution in [0.5, 0.6) is 0 Å². The van der Waals surface area contributed by atoms with Crippen molar-refractivity contribution in [1.82, 2.24) is 10.2 Å². The minimum absolute atomic E-state index is 0.401. The zero-order valence-corrected chi connectivity index (χ0v) is 16.1. The SMILES string of the molecule is C=Nc1ccsc1/C(=N\CNCC(/C=N\F)=C/CC)C(=C)N1CCCC1. The highest BCUT2D eigenvalue weighted by Gasteiger charge is 2.21. The van der Waals surface area contributed by atoms with Crippen molar-refractivity contribution in [2.24, 2.45) is 15.2 Å². The quantitative estimate of drug-likeness (QED) is 0.489. The maximum Gasteiger partial charge on any atom is 0.101 e. The lowest BCUT2D eigenvalue weighted by Gasteiger charge is -2.21. The van der Waals surface area contributed by atoms with Gasteiger partial charge in [0.2, 0.25) is 0 Å². The van der Waals surface area contributed by atoms with Crippen LogP contribution in [0.1, 0.15) is 31.1 Å². The molecule has 1 aliphatic heterocycles. The van der Waals surface area contributed by atoms with E-state index in [0.29, 0.717) is 13.2 Å². The molecule has 0 saturated carbocycles. The van der Waals surface area contributed by atoms with Crippen LogP contribution in [0.2, 0.25) is 0 Å². The Kier molecular flexibility index (Phi) is 8.37. The molecule has 0 amide bonds. The summed E-state index contributed by atoms with van der Waals surface area (Å²) in [7, 11) is 0. The molecule has 0 bridgehead atoms. The molecule has 1 aromatic rings. The van der Waals surface area contributed by atoms with Crippen molar-refractivity contribution < 1.29 is 4.48 Å². The van der Waals surface area contributed by atoms with Gasteiger partial charge in [-0.3, -0.25) is 15.3 Å². The molecule has 1 fully saturated rings. The minimum atomic E-state index is 0.401. The summed E-state index contributed by atoms with van der Waals surface area (Å²) < 4.78 is 12.2. The lowest BCUT2D eigenvalue weighted by atomic mass is 10.2. The second-order valence-electron chi connectivity index (χ2n) is 5.94. The third-order valence-corrected chi connectivity index (χ3v) is 5.06. The number of nitrogens with one attached hydrogen (secondary N) is 1. The Morgan fingerprint density at radius 3 is 2.85 bits per heavy atom. The average molecular weight is 376 g/mol. The number of aliphatic imine (C=N–C) groups is 2. The standard InChI is InChI=1S/C19H26FN5S/c1-4-7-16(13-24-20)12-22-14-23-18(15(2)25-9-5-6-10-25)19-17(21-3)8-11-26-19/h7-8,11,13,22H,2-6,9-10,12,14H2,1H3/b16-7-,23-18-,24-13-. The van der Waals surface area contributed by atoms with E-state index in [0.717, 1.165) is 47.1 Å². The smallest absolute Gasteiger partial charge is 0.101 e. The summed E-state index contributed by atoms with van der Waals surface area (Å²) in [6.45, 7) is 12.8. The lowest BCUT2D eigenvalue weighted by Crippen LogP contribution is -2.26. The summed E-state index contributed by atoms with van der Waals surface area (Å²) in [5.41, 5.74) is 3.39. The molecule has 2 heterocycles. The first-order valence-corrected chi connectivity index (χ1v) is 9.66. The molecule has 1 N–H and O–H groups in total. The number of halogens is 1. The summed E-state index contributed by atoms with van der Waals surface area (Å²) in [6, 6.07) is 1.94. The van der Waals surface area contributed by atoms with Crippen LogP contribution >= 0.6 is 11.3 Å². The molecule has 7 heteroatoms. The van der Waals surface area contributed by atoms with Gasteiger partial charge >= 0.3 is 0 Å². The van der Waals surface area contributed by atoms with Gasteiger partial charge in [-0.25, -0.2) is 0 Å². The summed E-state index contributed by atoms with van der Waals surface area (Å²) in [4.78, 5) is 12.1. The van der Waals surface area contributed by atoms with Crippen molar-refractivity contribution in [3.63, 3.8) is 0 Å². The van der Waals surface area contributed by atoms with Gasteiger partial charge in [0, 0.05) is 19.6 Å². The highest BCUT2D eigenvalue weighted by Crippen LogP contribution is 2.29. The van der Waals surface area contributed by atoms with Gasteiger partial charge in [-0.1, -0.05) is 29.3 Å². The van der Waals surface area contributed by atoms with Crippen LogP contribution in [-0.2, 0) is 0 Å². The van der Waals surface area contributed by atoms with Crippen molar-refractivity contribution >= 4 is 35.7 Å². The predicted octanol–water partition coefficient (Wildman–Crippen LogP) is 4.32. The van der Waals surface area contributed by atoms with Gasteiger partial charge in [0.15, 0.2) is 0 Å². The van der Waals surface area contributed by atoms with Crippen LogP contribution in [0.15, 0.2) is 50.6 Å². The largest absolute Gasteiger partial charge is 0.370 e. The molecule has 1 aliphatic rings. The number of nitrogens with zero attached hydrogens (tertiary/aromatic N) is 4. The first-order chi connectivity index (χ1) is 12.7. The number of rotatable bonds is 10. The van der Waals surface area contributed by atoms with E-state index in [9.17, 15) is 4.48 Å². The lowest BCUT2D eigenvalue weighted by molar-refractivity contribution is 0.449. The maximum atomic E-state index is 12.2. The normalized spacial score (nSPS) is 15.8. The van der Waals surface area contributed by atoms with E-state index in [1.807, 2.05) is 24.4 Å². The predicted molar refractivity (Wildman–Crippen MR) is 111 cm³/mol. The van der Waals surface area contributed by atoms with E-state index in [4.69, 9.17) is 4.99 Å². The van der Waals surface area contributed by atoms with E-state index < -0.39 is 0 Å². The number of allylic oxidation sites excluding steroid dienone is 2. The Hall–Kier alpha value is -2.12. The topological polar surface area (TPSA) is 52.4 Å². The second-order valence-corrected chi connectivity index (χ2v) is 6.86. The van der Waals surface area contributed by atoms with Gasteiger partial charge in [-0.05, 0) is 43.0 Å². The van der Waals surface area contributed by atoms with Crippen molar-refractivity contribution in [3.05, 3.63) is 40.2 Å². The molecule has 0 spiro atoms. The number of hydrogen-bond acceptors (Lipinski definition) is 6. The van der Waals surface area contributed by atoms with Gasteiger partial charge in [0.1, 0.15) is 5.71 Å². The Bertz CT molecular complexity index is 699. The fourth-order valence-electron chi connectivity index (χ4n) is 2.87. The second kappa shape index (κ2) is 10.8. The Morgan fingerprint density at radius 1 is 1.42 bits per heavy atom. The van der Waals surface area contributed by atoms with Crippen LogP contribution in [0, 0.1) is 0 Å². The van der Waals surface area contributed by atoms with Crippen molar-refractivity contribution in [2.45, 2.75) is 26.2 Å². The van der Waals surface area contributed by atoms with Gasteiger partial charge in [-0.15, -0.1) is 11.3 Å². The van der Waals surface area contributed by atoms with E-state index in [-0.39, 0.29) is 0 Å². The van der Waals surface area contributed by atoms with Crippen molar-refractivity contribution in [1.29, 1.82) is 0 Å². The molecular formula is C19H26FN5S. The van der Waals surface area contributed by atoms with Crippen LogP contribution in [0.4, 0.5) is 10.2 Å². The summed E-state index contributed by atoms with van der Waals surface area (Å²) in [5.74, 6) is 0. The molecule has 0 radical (unpaired) electrons. The molecule has 26 heavy (non-hydrogen) atoms. The molecule has 2 rings (SSSR count). The molecule has 140 valence electrons. The van der Waals surface area contributed by atoms with Crippen molar-refractivity contribution in [3.8, 4) is 0 Å².